The number of hydrogen-bond donors (Lipinski definition) is 1. The molecule has 0 bridgehead atoms. The summed E-state index contributed by atoms with van der Waals surface area (Å²) in [5, 5.41) is 14.4. The molecule has 1 amide bonds. The Balaban J connectivity index is 1.55. The first-order valence-corrected chi connectivity index (χ1v) is 11.2. The second kappa shape index (κ2) is 10.4. The van der Waals surface area contributed by atoms with Gasteiger partial charge in [-0.25, -0.2) is 9.98 Å². The van der Waals surface area contributed by atoms with Gasteiger partial charge in [-0.3, -0.25) is 14.9 Å². The fourth-order valence-electron chi connectivity index (χ4n) is 2.90. The third-order valence-electron chi connectivity index (χ3n) is 4.44. The number of aliphatic imine (C=N–C) groups is 1. The van der Waals surface area contributed by atoms with Crippen molar-refractivity contribution in [1.29, 1.82) is 0 Å². The zero-order valence-electron chi connectivity index (χ0n) is 17.7. The molecule has 2 aromatic carbocycles. The van der Waals surface area contributed by atoms with E-state index in [9.17, 15) is 14.9 Å². The van der Waals surface area contributed by atoms with Crippen LogP contribution in [-0.2, 0) is 4.79 Å². The van der Waals surface area contributed by atoms with Crippen LogP contribution in [0.4, 0.5) is 11.4 Å². The molecule has 1 aliphatic heterocycles. The van der Waals surface area contributed by atoms with Gasteiger partial charge in [0.2, 0.25) is 5.88 Å². The minimum Gasteiger partial charge on any atom is -0.490 e. The lowest BCUT2D eigenvalue weighted by Crippen LogP contribution is -2.19. The van der Waals surface area contributed by atoms with Gasteiger partial charge in [0.25, 0.3) is 11.6 Å². The van der Waals surface area contributed by atoms with Crippen molar-refractivity contribution < 1.29 is 19.2 Å². The summed E-state index contributed by atoms with van der Waals surface area (Å²) in [5.41, 5.74) is 1.14. The number of amidine groups is 1. The van der Waals surface area contributed by atoms with E-state index in [0.717, 1.165) is 6.20 Å². The molecule has 172 valence electrons. The first-order chi connectivity index (χ1) is 16.4. The number of halogens is 1. The number of hydrogen-bond acceptors (Lipinski definition) is 8. The molecule has 0 atom stereocenters. The van der Waals surface area contributed by atoms with Gasteiger partial charge in [-0.1, -0.05) is 29.8 Å². The van der Waals surface area contributed by atoms with Crippen LogP contribution in [0.1, 0.15) is 12.5 Å². The van der Waals surface area contributed by atoms with Gasteiger partial charge in [0, 0.05) is 12.1 Å². The van der Waals surface area contributed by atoms with Gasteiger partial charge in [0.1, 0.15) is 6.20 Å². The highest BCUT2D eigenvalue weighted by Crippen LogP contribution is 2.35. The largest absolute Gasteiger partial charge is 0.490 e. The molecule has 2 heterocycles. The van der Waals surface area contributed by atoms with E-state index in [0.29, 0.717) is 44.5 Å². The first kappa shape index (κ1) is 23.3. The van der Waals surface area contributed by atoms with Crippen molar-refractivity contribution in [3.05, 3.63) is 86.4 Å². The average Bonchev–Trinajstić information content (AvgIpc) is 3.16. The highest BCUT2D eigenvalue weighted by Gasteiger charge is 2.24. The highest BCUT2D eigenvalue weighted by atomic mass is 35.5. The third kappa shape index (κ3) is 5.53. The topological polar surface area (TPSA) is 116 Å². The van der Waals surface area contributed by atoms with Gasteiger partial charge < -0.3 is 14.8 Å². The van der Waals surface area contributed by atoms with E-state index in [-0.39, 0.29) is 17.5 Å². The fourth-order valence-corrected chi connectivity index (χ4v) is 3.92. The van der Waals surface area contributed by atoms with Crippen molar-refractivity contribution in [1.82, 2.24) is 10.3 Å². The smallest absolute Gasteiger partial charge is 0.287 e. The first-order valence-electron chi connectivity index (χ1n) is 10.0. The second-order valence-electron chi connectivity index (χ2n) is 6.79. The van der Waals surface area contributed by atoms with Gasteiger partial charge in [0.05, 0.1) is 27.1 Å². The van der Waals surface area contributed by atoms with Crippen LogP contribution in [0.5, 0.6) is 17.4 Å². The maximum atomic E-state index is 12.4. The molecule has 1 fully saturated rings. The zero-order valence-corrected chi connectivity index (χ0v) is 19.3. The van der Waals surface area contributed by atoms with Gasteiger partial charge in [-0.05, 0) is 54.6 Å². The summed E-state index contributed by atoms with van der Waals surface area (Å²) in [5.74, 6) is 0.730. The van der Waals surface area contributed by atoms with Crippen molar-refractivity contribution >= 4 is 51.9 Å². The Morgan fingerprint density at radius 1 is 1.21 bits per heavy atom. The van der Waals surface area contributed by atoms with E-state index in [4.69, 9.17) is 21.1 Å². The normalized spacial score (nSPS) is 15.4. The molecule has 0 unspecified atom stereocenters. The van der Waals surface area contributed by atoms with Crippen molar-refractivity contribution in [3.63, 3.8) is 0 Å². The molecule has 1 saturated heterocycles. The predicted molar refractivity (Wildman–Crippen MR) is 131 cm³/mol. The van der Waals surface area contributed by atoms with E-state index in [1.165, 1.54) is 23.9 Å². The number of aromatic nitrogens is 1. The van der Waals surface area contributed by atoms with E-state index in [1.807, 2.05) is 13.0 Å². The fraction of sp³-hybridized carbons (Fsp3) is 0.0870. The lowest BCUT2D eigenvalue weighted by atomic mass is 10.2. The number of nitro groups is 1. The molecule has 1 aliphatic rings. The van der Waals surface area contributed by atoms with E-state index in [1.54, 1.807) is 42.5 Å². The summed E-state index contributed by atoms with van der Waals surface area (Å²) in [4.78, 5) is 31.5. The molecular weight excluding hydrogens is 480 g/mol. The molecule has 0 radical (unpaired) electrons. The van der Waals surface area contributed by atoms with E-state index < -0.39 is 4.92 Å². The quantitative estimate of drug-likeness (QED) is 0.252. The van der Waals surface area contributed by atoms with Gasteiger partial charge in [-0.2, -0.15) is 0 Å². The Bertz CT molecular complexity index is 1310. The van der Waals surface area contributed by atoms with Crippen LogP contribution in [-0.4, -0.2) is 27.6 Å². The molecule has 0 spiro atoms. The van der Waals surface area contributed by atoms with Crippen molar-refractivity contribution in [2.75, 3.05) is 6.61 Å². The predicted octanol–water partition coefficient (Wildman–Crippen LogP) is 5.73. The summed E-state index contributed by atoms with van der Waals surface area (Å²) >= 11 is 7.34. The molecule has 0 aliphatic carbocycles. The van der Waals surface area contributed by atoms with E-state index in [2.05, 4.69) is 15.3 Å². The Labute approximate surface area is 203 Å². The number of pyridine rings is 1. The average molecular weight is 497 g/mol. The molecule has 1 aromatic heterocycles. The van der Waals surface area contributed by atoms with Crippen LogP contribution in [0, 0.1) is 10.1 Å². The number of carbonyl (C=O) groups is 1. The zero-order chi connectivity index (χ0) is 24.1. The van der Waals surface area contributed by atoms with Gasteiger partial charge >= 0.3 is 0 Å². The molecule has 11 heteroatoms. The van der Waals surface area contributed by atoms with E-state index >= 15 is 0 Å². The maximum Gasteiger partial charge on any atom is 0.287 e. The third-order valence-corrected chi connectivity index (χ3v) is 5.67. The minimum absolute atomic E-state index is 0.135. The number of ether oxygens (including phenoxy) is 2. The lowest BCUT2D eigenvalue weighted by molar-refractivity contribution is -0.385. The Kier molecular flexibility index (Phi) is 7.09. The summed E-state index contributed by atoms with van der Waals surface area (Å²) in [6, 6.07) is 15.0. The van der Waals surface area contributed by atoms with Crippen LogP contribution in [0.25, 0.3) is 6.08 Å². The monoisotopic (exact) mass is 496 g/mol. The molecular formula is C23H17ClN4O5S. The number of rotatable bonds is 7. The Hall–Kier alpha value is -3.89. The van der Waals surface area contributed by atoms with Crippen LogP contribution in [0.2, 0.25) is 5.02 Å². The lowest BCUT2D eigenvalue weighted by Gasteiger charge is -2.11. The number of amides is 1. The van der Waals surface area contributed by atoms with Crippen molar-refractivity contribution in [2.24, 2.45) is 4.99 Å². The van der Waals surface area contributed by atoms with Crippen molar-refractivity contribution in [3.8, 4) is 17.4 Å². The molecule has 0 saturated carbocycles. The van der Waals surface area contributed by atoms with Gasteiger partial charge in [-0.15, -0.1) is 0 Å². The van der Waals surface area contributed by atoms with Crippen molar-refractivity contribution in [2.45, 2.75) is 6.92 Å². The van der Waals surface area contributed by atoms with Crippen LogP contribution in [0.3, 0.4) is 0 Å². The molecule has 34 heavy (non-hydrogen) atoms. The summed E-state index contributed by atoms with van der Waals surface area (Å²) in [6.07, 6.45) is 2.83. The summed E-state index contributed by atoms with van der Waals surface area (Å²) < 4.78 is 11.4. The molecule has 4 rings (SSSR count). The SMILES string of the molecule is CCOc1cc(/C=C2/SC(=Nc3ccccc3Cl)NC2=O)ccc1Oc1ccc([N+](=O)[O-])cn1. The number of carbonyl (C=O) groups excluding carboxylic acids is 1. The number of para-hydroxylation sites is 1. The number of nitrogens with zero attached hydrogens (tertiary/aromatic N) is 3. The Morgan fingerprint density at radius 2 is 2.03 bits per heavy atom. The molecule has 3 aromatic rings. The van der Waals surface area contributed by atoms with Crippen LogP contribution >= 0.6 is 23.4 Å². The Morgan fingerprint density at radius 3 is 2.74 bits per heavy atom. The highest BCUT2D eigenvalue weighted by molar-refractivity contribution is 8.18. The number of benzene rings is 2. The van der Waals surface area contributed by atoms with Gasteiger partial charge in [0.15, 0.2) is 16.7 Å². The minimum atomic E-state index is -0.535. The van der Waals surface area contributed by atoms with Crippen LogP contribution in [0.15, 0.2) is 70.7 Å². The molecule has 9 nitrogen and oxygen atoms in total. The summed E-state index contributed by atoms with van der Waals surface area (Å²) in [7, 11) is 0. The second-order valence-corrected chi connectivity index (χ2v) is 8.22. The van der Waals surface area contributed by atoms with Crippen LogP contribution < -0.4 is 14.8 Å². The number of nitrogens with one attached hydrogen (secondary N) is 1. The number of thioether (sulfide) groups is 1. The summed E-state index contributed by atoms with van der Waals surface area (Å²) in [6.45, 7) is 2.21. The maximum absolute atomic E-state index is 12.4. The molecule has 1 N–H and O–H groups in total. The standard InChI is InChI=1S/C23H17ClN4O5S/c1-2-32-19-11-14(7-9-18(19)33-21-10-8-15(13-25-21)28(30)31)12-20-22(29)27-23(34-20)26-17-6-4-3-5-16(17)24/h3-13H,2H2,1H3,(H,26,27,29)/b20-12+.